The molecule has 0 radical (unpaired) electrons. The molecule has 27 heavy (non-hydrogen) atoms. The Morgan fingerprint density at radius 2 is 1.19 bits per heavy atom. The quantitative estimate of drug-likeness (QED) is 0.729. The van der Waals surface area contributed by atoms with E-state index in [1.165, 1.54) is 71.1 Å². The van der Waals surface area contributed by atoms with Crippen molar-refractivity contribution in [3.63, 3.8) is 0 Å². The minimum atomic E-state index is -0.833. The molecule has 2 heterocycles. The molecule has 6 nitrogen and oxygen atoms in total. The molecule has 0 bridgehead atoms. The van der Waals surface area contributed by atoms with Crippen LogP contribution in [0.1, 0.15) is 86.5 Å². The monoisotopic (exact) mass is 388 g/mol. The standard InChI is InChI=1S/C9H19N.C8H17N.2C2H4O2/c1-3-6-9-7-5-8-10(9)4-2;1-3-8-6-5-7-9(8)4-2;2*1-2(3)4/h9H,3-8H2,1-2H3;8H,3-7H2,1-2H3;2*1H3,(H,3,4). The maximum Gasteiger partial charge on any atom is 0.300 e. The van der Waals surface area contributed by atoms with Crippen molar-refractivity contribution < 1.29 is 19.8 Å². The maximum atomic E-state index is 9.00. The average Bonchev–Trinajstić information content (AvgIpc) is 3.22. The van der Waals surface area contributed by atoms with E-state index in [0.29, 0.717) is 0 Å². The third-order valence-electron chi connectivity index (χ3n) is 4.90. The zero-order valence-electron chi connectivity index (χ0n) is 18.5. The Bertz CT molecular complexity index is 347. The van der Waals surface area contributed by atoms with Crippen molar-refractivity contribution in [1.82, 2.24) is 9.80 Å². The number of nitrogens with zero attached hydrogens (tertiary/aromatic N) is 2. The Morgan fingerprint density at radius 3 is 1.48 bits per heavy atom. The van der Waals surface area contributed by atoms with E-state index < -0.39 is 11.9 Å². The van der Waals surface area contributed by atoms with Crippen molar-refractivity contribution in [1.29, 1.82) is 0 Å². The molecule has 0 spiro atoms. The second kappa shape index (κ2) is 18.2. The van der Waals surface area contributed by atoms with Gasteiger partial charge < -0.3 is 20.0 Å². The molecule has 0 saturated carbocycles. The molecule has 2 unspecified atom stereocenters. The number of carboxylic acid groups (broad SMARTS) is 2. The van der Waals surface area contributed by atoms with Crippen molar-refractivity contribution in [2.24, 2.45) is 0 Å². The molecule has 2 saturated heterocycles. The van der Waals surface area contributed by atoms with Gasteiger partial charge in [0.25, 0.3) is 11.9 Å². The molecule has 2 N–H and O–H groups in total. The molecular weight excluding hydrogens is 344 g/mol. The van der Waals surface area contributed by atoms with Crippen LogP contribution in [-0.4, -0.2) is 70.2 Å². The lowest BCUT2D eigenvalue weighted by Gasteiger charge is -2.21. The summed E-state index contributed by atoms with van der Waals surface area (Å²) in [6.45, 7) is 16.5. The van der Waals surface area contributed by atoms with E-state index in [4.69, 9.17) is 19.8 Å². The molecule has 0 amide bonds. The molecule has 162 valence electrons. The van der Waals surface area contributed by atoms with Gasteiger partial charge in [0, 0.05) is 25.9 Å². The van der Waals surface area contributed by atoms with Gasteiger partial charge in [0.05, 0.1) is 0 Å². The summed E-state index contributed by atoms with van der Waals surface area (Å²) in [5.74, 6) is -1.67. The van der Waals surface area contributed by atoms with Crippen LogP contribution in [0.3, 0.4) is 0 Å². The van der Waals surface area contributed by atoms with E-state index in [-0.39, 0.29) is 0 Å². The first-order valence-corrected chi connectivity index (χ1v) is 10.6. The SMILES string of the molecule is CC(=O)O.CC(=O)O.CCC1CCCN1CC.CCCC1CCCN1CC. The van der Waals surface area contributed by atoms with Crippen LogP contribution in [0, 0.1) is 0 Å². The molecule has 2 rings (SSSR count). The van der Waals surface area contributed by atoms with E-state index in [1.54, 1.807) is 0 Å². The van der Waals surface area contributed by atoms with Crippen LogP contribution in [-0.2, 0) is 9.59 Å². The lowest BCUT2D eigenvalue weighted by Crippen LogP contribution is -2.28. The Labute approximate surface area is 166 Å². The fourth-order valence-corrected chi connectivity index (χ4v) is 3.75. The minimum Gasteiger partial charge on any atom is -0.481 e. The second-order valence-corrected chi connectivity index (χ2v) is 7.08. The number of likely N-dealkylation sites (tertiary alicyclic amines) is 2. The Balaban J connectivity index is 0. The normalized spacial score (nSPS) is 21.9. The van der Waals surface area contributed by atoms with Gasteiger partial charge in [-0.05, 0) is 64.7 Å². The van der Waals surface area contributed by atoms with Gasteiger partial charge in [-0.3, -0.25) is 9.59 Å². The van der Waals surface area contributed by atoms with Crippen LogP contribution in [0.4, 0.5) is 0 Å². The lowest BCUT2D eigenvalue weighted by atomic mass is 10.1. The highest BCUT2D eigenvalue weighted by Crippen LogP contribution is 2.20. The highest BCUT2D eigenvalue weighted by atomic mass is 16.4. The van der Waals surface area contributed by atoms with Crippen molar-refractivity contribution in [3.8, 4) is 0 Å². The predicted molar refractivity (Wildman–Crippen MR) is 112 cm³/mol. The van der Waals surface area contributed by atoms with E-state index in [0.717, 1.165) is 25.9 Å². The summed E-state index contributed by atoms with van der Waals surface area (Å²) < 4.78 is 0. The molecule has 0 aromatic rings. The van der Waals surface area contributed by atoms with Crippen LogP contribution in [0.5, 0.6) is 0 Å². The van der Waals surface area contributed by atoms with Gasteiger partial charge >= 0.3 is 0 Å². The highest BCUT2D eigenvalue weighted by molar-refractivity contribution is 5.63. The molecule has 0 aliphatic carbocycles. The van der Waals surface area contributed by atoms with Crippen LogP contribution in [0.2, 0.25) is 0 Å². The van der Waals surface area contributed by atoms with Crippen LogP contribution >= 0.6 is 0 Å². The molecule has 2 aliphatic heterocycles. The Hall–Kier alpha value is -1.14. The first-order valence-electron chi connectivity index (χ1n) is 10.6. The number of carbonyl (C=O) groups is 2. The molecule has 6 heteroatoms. The summed E-state index contributed by atoms with van der Waals surface area (Å²) in [6.07, 6.45) is 9.83. The molecule has 2 aliphatic rings. The smallest absolute Gasteiger partial charge is 0.300 e. The number of hydrogen-bond acceptors (Lipinski definition) is 4. The number of aliphatic carboxylic acids is 2. The van der Waals surface area contributed by atoms with Crippen molar-refractivity contribution in [3.05, 3.63) is 0 Å². The zero-order valence-corrected chi connectivity index (χ0v) is 18.5. The maximum absolute atomic E-state index is 9.00. The van der Waals surface area contributed by atoms with Gasteiger partial charge in [0.2, 0.25) is 0 Å². The largest absolute Gasteiger partial charge is 0.481 e. The van der Waals surface area contributed by atoms with Crippen LogP contribution in [0.15, 0.2) is 0 Å². The molecule has 2 fully saturated rings. The number of carboxylic acids is 2. The topological polar surface area (TPSA) is 81.1 Å². The Kier molecular flexibility index (Phi) is 19.0. The predicted octanol–water partition coefficient (Wildman–Crippen LogP) is 4.33. The highest BCUT2D eigenvalue weighted by Gasteiger charge is 2.21. The van der Waals surface area contributed by atoms with Gasteiger partial charge in [-0.1, -0.05) is 34.1 Å². The van der Waals surface area contributed by atoms with E-state index >= 15 is 0 Å². The second-order valence-electron chi connectivity index (χ2n) is 7.08. The van der Waals surface area contributed by atoms with E-state index in [2.05, 4.69) is 37.5 Å². The summed E-state index contributed by atoms with van der Waals surface area (Å²) in [5, 5.41) is 14.8. The fraction of sp³-hybridized carbons (Fsp3) is 0.905. The summed E-state index contributed by atoms with van der Waals surface area (Å²) in [7, 11) is 0. The van der Waals surface area contributed by atoms with Gasteiger partial charge in [0.1, 0.15) is 0 Å². The fourth-order valence-electron chi connectivity index (χ4n) is 3.75. The minimum absolute atomic E-state index is 0.833. The summed E-state index contributed by atoms with van der Waals surface area (Å²) in [4.78, 5) is 23.2. The van der Waals surface area contributed by atoms with Gasteiger partial charge in [-0.2, -0.15) is 0 Å². The summed E-state index contributed by atoms with van der Waals surface area (Å²) in [6, 6.07) is 1.84. The first-order chi connectivity index (χ1) is 12.7. The van der Waals surface area contributed by atoms with Gasteiger partial charge in [-0.25, -0.2) is 0 Å². The first kappa shape index (κ1) is 28.1. The third kappa shape index (κ3) is 16.7. The number of hydrogen-bond donors (Lipinski definition) is 2. The summed E-state index contributed by atoms with van der Waals surface area (Å²) >= 11 is 0. The molecular formula is C21H44N2O4. The molecule has 2 atom stereocenters. The van der Waals surface area contributed by atoms with Gasteiger partial charge in [0.15, 0.2) is 0 Å². The van der Waals surface area contributed by atoms with Crippen molar-refractivity contribution >= 4 is 11.9 Å². The summed E-state index contributed by atoms with van der Waals surface area (Å²) in [5.41, 5.74) is 0. The Morgan fingerprint density at radius 1 is 0.815 bits per heavy atom. The van der Waals surface area contributed by atoms with Crippen LogP contribution < -0.4 is 0 Å². The number of rotatable bonds is 5. The van der Waals surface area contributed by atoms with Crippen molar-refractivity contribution in [2.75, 3.05) is 26.2 Å². The lowest BCUT2D eigenvalue weighted by molar-refractivity contribution is -0.135. The molecule has 0 aromatic carbocycles. The van der Waals surface area contributed by atoms with Crippen LogP contribution in [0.25, 0.3) is 0 Å². The van der Waals surface area contributed by atoms with Crippen molar-refractivity contribution in [2.45, 2.75) is 98.6 Å². The van der Waals surface area contributed by atoms with E-state index in [1.807, 2.05) is 0 Å². The molecule has 0 aromatic heterocycles. The zero-order chi connectivity index (χ0) is 21.2. The van der Waals surface area contributed by atoms with E-state index in [9.17, 15) is 0 Å². The van der Waals surface area contributed by atoms with Gasteiger partial charge in [-0.15, -0.1) is 0 Å². The average molecular weight is 389 g/mol. The third-order valence-corrected chi connectivity index (χ3v) is 4.90.